The van der Waals surface area contributed by atoms with Gasteiger partial charge in [-0.25, -0.2) is 0 Å². The van der Waals surface area contributed by atoms with E-state index in [0.717, 1.165) is 24.8 Å². The predicted octanol–water partition coefficient (Wildman–Crippen LogP) is 3.68. The zero-order valence-electron chi connectivity index (χ0n) is 11.1. The Labute approximate surface area is 114 Å². The van der Waals surface area contributed by atoms with E-state index in [-0.39, 0.29) is 5.97 Å². The van der Waals surface area contributed by atoms with Crippen molar-refractivity contribution in [1.82, 2.24) is 0 Å². The summed E-state index contributed by atoms with van der Waals surface area (Å²) < 4.78 is 5.24. The fraction of sp³-hybridized carbons (Fsp3) is 0.353. The number of benzene rings is 1. The minimum atomic E-state index is -0.133. The number of hydrogen-bond donors (Lipinski definition) is 0. The van der Waals surface area contributed by atoms with Crippen molar-refractivity contribution in [2.24, 2.45) is 5.92 Å². The fourth-order valence-corrected chi connectivity index (χ4v) is 2.15. The molecule has 1 aromatic rings. The maximum atomic E-state index is 11.6. The van der Waals surface area contributed by atoms with Crippen LogP contribution in [0.3, 0.4) is 0 Å². The molecule has 0 unspecified atom stereocenters. The number of allylic oxidation sites excluding steroid dienone is 4. The van der Waals surface area contributed by atoms with Crippen LogP contribution in [0.15, 0.2) is 54.6 Å². The minimum Gasteiger partial charge on any atom is -0.465 e. The Morgan fingerprint density at radius 2 is 1.79 bits per heavy atom. The topological polar surface area (TPSA) is 26.3 Å². The van der Waals surface area contributed by atoms with Gasteiger partial charge >= 0.3 is 5.97 Å². The number of carbonyl (C=O) groups excluding carboxylic acids is 1. The van der Waals surface area contributed by atoms with E-state index in [1.165, 1.54) is 0 Å². The Hall–Kier alpha value is -1.83. The summed E-state index contributed by atoms with van der Waals surface area (Å²) in [5.74, 6) is 0.451. The summed E-state index contributed by atoms with van der Waals surface area (Å²) in [6.45, 7) is 0.534. The first-order chi connectivity index (χ1) is 9.34. The summed E-state index contributed by atoms with van der Waals surface area (Å²) in [4.78, 5) is 11.6. The summed E-state index contributed by atoms with van der Waals surface area (Å²) in [5, 5.41) is 0. The second-order valence-electron chi connectivity index (χ2n) is 4.81. The van der Waals surface area contributed by atoms with Crippen LogP contribution in [-0.2, 0) is 16.0 Å². The lowest BCUT2D eigenvalue weighted by atomic mass is 10.0. The molecule has 0 N–H and O–H groups in total. The molecular formula is C17H20O2. The number of hydrogen-bond acceptors (Lipinski definition) is 2. The quantitative estimate of drug-likeness (QED) is 0.549. The highest BCUT2D eigenvalue weighted by molar-refractivity contribution is 5.72. The van der Waals surface area contributed by atoms with Crippen molar-refractivity contribution in [2.45, 2.75) is 25.7 Å². The van der Waals surface area contributed by atoms with E-state index in [4.69, 9.17) is 4.74 Å². The van der Waals surface area contributed by atoms with Crippen LogP contribution in [0.2, 0.25) is 0 Å². The van der Waals surface area contributed by atoms with Crippen LogP contribution in [0.1, 0.15) is 24.8 Å². The third-order valence-corrected chi connectivity index (χ3v) is 3.21. The number of rotatable bonds is 7. The molecule has 0 saturated carbocycles. The highest BCUT2D eigenvalue weighted by Crippen LogP contribution is 2.16. The molecule has 0 radical (unpaired) electrons. The molecular weight excluding hydrogens is 236 g/mol. The van der Waals surface area contributed by atoms with Crippen molar-refractivity contribution in [2.75, 3.05) is 6.61 Å². The summed E-state index contributed by atoms with van der Waals surface area (Å²) in [5.41, 5.74) is 1.01. The molecule has 19 heavy (non-hydrogen) atoms. The van der Waals surface area contributed by atoms with Crippen molar-refractivity contribution in [3.05, 3.63) is 60.2 Å². The lowest BCUT2D eigenvalue weighted by molar-refractivity contribution is -0.142. The van der Waals surface area contributed by atoms with Crippen LogP contribution in [0, 0.1) is 5.92 Å². The molecule has 0 heterocycles. The van der Waals surface area contributed by atoms with E-state index in [2.05, 4.69) is 24.3 Å². The Bertz CT molecular complexity index is 434. The summed E-state index contributed by atoms with van der Waals surface area (Å²) in [6.07, 6.45) is 12.1. The van der Waals surface area contributed by atoms with Gasteiger partial charge in [0, 0.05) is 0 Å². The maximum Gasteiger partial charge on any atom is 0.310 e. The molecule has 0 aromatic heterocycles. The summed E-state index contributed by atoms with van der Waals surface area (Å²) in [7, 11) is 0. The van der Waals surface area contributed by atoms with Gasteiger partial charge in [-0.05, 0) is 30.7 Å². The van der Waals surface area contributed by atoms with E-state index in [1.54, 1.807) is 0 Å². The molecule has 1 aromatic carbocycles. The minimum absolute atomic E-state index is 0.133. The van der Waals surface area contributed by atoms with Crippen LogP contribution >= 0.6 is 0 Å². The third kappa shape index (κ3) is 5.12. The van der Waals surface area contributed by atoms with E-state index in [9.17, 15) is 4.79 Å². The van der Waals surface area contributed by atoms with Gasteiger partial charge in [-0.1, -0.05) is 54.6 Å². The Morgan fingerprint density at radius 1 is 1.05 bits per heavy atom. The Balaban J connectivity index is 1.54. The molecule has 0 fully saturated rings. The van der Waals surface area contributed by atoms with E-state index in [0.29, 0.717) is 18.9 Å². The lowest BCUT2D eigenvalue weighted by Crippen LogP contribution is -2.09. The smallest absolute Gasteiger partial charge is 0.310 e. The highest BCUT2D eigenvalue weighted by Gasteiger charge is 2.05. The molecule has 0 atom stereocenters. The van der Waals surface area contributed by atoms with Crippen LogP contribution in [0.25, 0.3) is 0 Å². The lowest BCUT2D eigenvalue weighted by Gasteiger charge is -2.06. The monoisotopic (exact) mass is 256 g/mol. The molecule has 0 bridgehead atoms. The van der Waals surface area contributed by atoms with Crippen molar-refractivity contribution < 1.29 is 9.53 Å². The van der Waals surface area contributed by atoms with Crippen LogP contribution in [0.5, 0.6) is 0 Å². The number of esters is 1. The van der Waals surface area contributed by atoms with Gasteiger partial charge in [0.2, 0.25) is 0 Å². The second kappa shape index (κ2) is 7.57. The molecule has 0 saturated heterocycles. The molecule has 2 heteroatoms. The van der Waals surface area contributed by atoms with Gasteiger partial charge in [0.1, 0.15) is 0 Å². The normalized spacial score (nSPS) is 13.9. The zero-order valence-corrected chi connectivity index (χ0v) is 11.1. The van der Waals surface area contributed by atoms with Crippen molar-refractivity contribution in [1.29, 1.82) is 0 Å². The van der Waals surface area contributed by atoms with Gasteiger partial charge in [0.25, 0.3) is 0 Å². The second-order valence-corrected chi connectivity index (χ2v) is 4.81. The van der Waals surface area contributed by atoms with Crippen molar-refractivity contribution in [3.8, 4) is 0 Å². The fourth-order valence-electron chi connectivity index (χ4n) is 2.15. The van der Waals surface area contributed by atoms with Gasteiger partial charge in [-0.3, -0.25) is 4.79 Å². The van der Waals surface area contributed by atoms with Crippen molar-refractivity contribution >= 4 is 5.97 Å². The molecule has 2 nitrogen and oxygen atoms in total. The molecule has 1 aliphatic rings. The van der Waals surface area contributed by atoms with Crippen LogP contribution in [0.4, 0.5) is 0 Å². The van der Waals surface area contributed by atoms with Gasteiger partial charge in [0.05, 0.1) is 13.0 Å². The number of unbranched alkanes of at least 4 members (excludes halogenated alkanes) is 1. The molecule has 0 aliphatic heterocycles. The number of carbonyl (C=O) groups is 1. The average Bonchev–Trinajstić information content (AvgIpc) is 2.92. The molecule has 1 aliphatic carbocycles. The molecule has 0 amide bonds. The first kappa shape index (κ1) is 13.6. The van der Waals surface area contributed by atoms with Gasteiger partial charge in [-0.2, -0.15) is 0 Å². The average molecular weight is 256 g/mol. The zero-order chi connectivity index (χ0) is 13.3. The van der Waals surface area contributed by atoms with Gasteiger partial charge < -0.3 is 4.74 Å². The van der Waals surface area contributed by atoms with E-state index < -0.39 is 0 Å². The van der Waals surface area contributed by atoms with Crippen molar-refractivity contribution in [3.63, 3.8) is 0 Å². The summed E-state index contributed by atoms with van der Waals surface area (Å²) >= 11 is 0. The largest absolute Gasteiger partial charge is 0.465 e. The Morgan fingerprint density at radius 3 is 2.53 bits per heavy atom. The maximum absolute atomic E-state index is 11.6. The molecule has 2 rings (SSSR count). The predicted molar refractivity (Wildman–Crippen MR) is 76.7 cm³/mol. The molecule has 0 spiro atoms. The van der Waals surface area contributed by atoms with Gasteiger partial charge in [-0.15, -0.1) is 0 Å². The molecule has 100 valence electrons. The third-order valence-electron chi connectivity index (χ3n) is 3.21. The number of ether oxygens (including phenoxy) is 1. The highest BCUT2D eigenvalue weighted by atomic mass is 16.5. The first-order valence-corrected chi connectivity index (χ1v) is 6.89. The van der Waals surface area contributed by atoms with Crippen LogP contribution in [-0.4, -0.2) is 12.6 Å². The van der Waals surface area contributed by atoms with E-state index in [1.807, 2.05) is 30.3 Å². The standard InChI is InChI=1S/C17H20O2/c18-17(14-16-11-2-1-3-12-16)19-13-7-6-10-15-8-4-5-9-15/h1-5,8-9,11-12,15H,6-7,10,13-14H2. The van der Waals surface area contributed by atoms with Gasteiger partial charge in [0.15, 0.2) is 0 Å². The SMILES string of the molecule is O=C(Cc1ccccc1)OCCCCC1C=CC=C1. The van der Waals surface area contributed by atoms with E-state index >= 15 is 0 Å². The summed E-state index contributed by atoms with van der Waals surface area (Å²) in [6, 6.07) is 9.71. The Kier molecular flexibility index (Phi) is 5.42. The van der Waals surface area contributed by atoms with Crippen LogP contribution < -0.4 is 0 Å². The first-order valence-electron chi connectivity index (χ1n) is 6.89.